The number of carbonyl (C=O) groups is 3. The van der Waals surface area contributed by atoms with E-state index in [4.69, 9.17) is 0 Å². The average molecular weight is 449 g/mol. The summed E-state index contributed by atoms with van der Waals surface area (Å²) in [6.45, 7) is 0. The minimum Gasteiger partial charge on any atom is -0.478 e. The van der Waals surface area contributed by atoms with Crippen molar-refractivity contribution in [1.82, 2.24) is 4.57 Å². The summed E-state index contributed by atoms with van der Waals surface area (Å²) in [6, 6.07) is 26.0. The summed E-state index contributed by atoms with van der Waals surface area (Å²) in [5, 5.41) is 17.8. The van der Waals surface area contributed by atoms with Crippen LogP contribution in [0.25, 0.3) is 21.7 Å². The van der Waals surface area contributed by atoms with Crippen LogP contribution in [0.1, 0.15) is 20.7 Å². The number of carboxylic acids is 1. The molecule has 4 aromatic carbocycles. The maximum absolute atomic E-state index is 12.9. The van der Waals surface area contributed by atoms with Gasteiger partial charge in [-0.15, -0.1) is 0 Å². The first kappa shape index (κ1) is 21.0. The Morgan fingerprint density at radius 1 is 0.647 bits per heavy atom. The first-order valence-corrected chi connectivity index (χ1v) is 10.5. The third-order valence-corrected chi connectivity index (χ3v) is 5.52. The van der Waals surface area contributed by atoms with Crippen molar-refractivity contribution in [3.05, 3.63) is 108 Å². The van der Waals surface area contributed by atoms with Gasteiger partial charge < -0.3 is 15.7 Å². The van der Waals surface area contributed by atoms with Gasteiger partial charge in [0.25, 0.3) is 5.91 Å². The molecule has 0 atom stereocenters. The number of para-hydroxylation sites is 1. The fraction of sp³-hybridized carbons (Fsp3) is 0. The molecule has 0 saturated carbocycles. The Labute approximate surface area is 194 Å². The Bertz CT molecular complexity index is 1590. The Balaban J connectivity index is 1.42. The third kappa shape index (κ3) is 4.10. The van der Waals surface area contributed by atoms with Gasteiger partial charge in [-0.05, 0) is 53.2 Å². The van der Waals surface area contributed by atoms with E-state index in [-0.39, 0.29) is 22.8 Å². The van der Waals surface area contributed by atoms with E-state index in [1.807, 2.05) is 60.7 Å². The van der Waals surface area contributed by atoms with E-state index in [1.54, 1.807) is 18.3 Å². The lowest BCUT2D eigenvalue weighted by Crippen LogP contribution is -2.19. The minimum absolute atomic E-state index is 0.0658. The molecule has 3 N–H and O–H groups in total. The number of hydrogen-bond acceptors (Lipinski definition) is 3. The second-order valence-corrected chi connectivity index (χ2v) is 7.79. The maximum atomic E-state index is 12.9. The molecule has 0 aliphatic rings. The number of aromatic nitrogens is 1. The lowest BCUT2D eigenvalue weighted by molar-refractivity contribution is 0.0696. The molecule has 7 heteroatoms. The van der Waals surface area contributed by atoms with Crippen LogP contribution in [0.15, 0.2) is 97.2 Å². The van der Waals surface area contributed by atoms with Crippen LogP contribution < -0.4 is 10.6 Å². The highest BCUT2D eigenvalue weighted by Gasteiger charge is 2.14. The highest BCUT2D eigenvalue weighted by Crippen LogP contribution is 2.23. The number of carboxylic acid groups (broad SMARTS) is 1. The van der Waals surface area contributed by atoms with Crippen molar-refractivity contribution in [3.8, 4) is 0 Å². The van der Waals surface area contributed by atoms with Gasteiger partial charge in [-0.2, -0.15) is 0 Å². The fourth-order valence-electron chi connectivity index (χ4n) is 3.87. The Kier molecular flexibility index (Phi) is 5.27. The average Bonchev–Trinajstić information content (AvgIpc) is 3.28. The van der Waals surface area contributed by atoms with E-state index in [0.29, 0.717) is 5.56 Å². The molecule has 0 bridgehead atoms. The number of nitrogens with one attached hydrogen (secondary N) is 2. The van der Waals surface area contributed by atoms with Gasteiger partial charge in [-0.3, -0.25) is 9.36 Å². The normalized spacial score (nSPS) is 10.8. The van der Waals surface area contributed by atoms with Crippen molar-refractivity contribution in [3.63, 3.8) is 0 Å². The van der Waals surface area contributed by atoms with Crippen LogP contribution in [0.4, 0.5) is 16.2 Å². The summed E-state index contributed by atoms with van der Waals surface area (Å²) in [6.07, 6.45) is 1.64. The molecular weight excluding hydrogens is 430 g/mol. The number of carbonyl (C=O) groups excluding carboxylic acids is 2. The van der Waals surface area contributed by atoms with Crippen LogP contribution in [-0.4, -0.2) is 27.6 Å². The SMILES string of the molecule is O=C(O)c1cc(NC(=O)c2ccc3ccccc3c2)cc(NC(=O)n2ccc3ccccc32)c1. The molecule has 166 valence electrons. The Morgan fingerprint density at radius 3 is 2.09 bits per heavy atom. The number of rotatable bonds is 4. The number of aromatic carboxylic acids is 1. The molecule has 0 fully saturated rings. The predicted octanol–water partition coefficient (Wildman–Crippen LogP) is 5.83. The summed E-state index contributed by atoms with van der Waals surface area (Å²) in [5.74, 6) is -1.56. The highest BCUT2D eigenvalue weighted by molar-refractivity contribution is 6.07. The standard InChI is InChI=1S/C27H19N3O4/c31-25(20-10-9-17-5-1-2-7-19(17)13-20)28-22-14-21(26(32)33)15-23(16-22)29-27(34)30-12-11-18-6-3-4-8-24(18)30/h1-16H,(H,28,31)(H,29,34)(H,32,33). The molecule has 1 heterocycles. The molecule has 2 amide bonds. The summed E-state index contributed by atoms with van der Waals surface area (Å²) < 4.78 is 1.44. The van der Waals surface area contributed by atoms with Crippen LogP contribution in [0.3, 0.4) is 0 Å². The minimum atomic E-state index is -1.18. The lowest BCUT2D eigenvalue weighted by Gasteiger charge is -2.12. The van der Waals surface area contributed by atoms with Gasteiger partial charge in [0.15, 0.2) is 0 Å². The van der Waals surface area contributed by atoms with Crippen molar-refractivity contribution < 1.29 is 19.5 Å². The predicted molar refractivity (Wildman–Crippen MR) is 132 cm³/mol. The Morgan fingerprint density at radius 2 is 1.32 bits per heavy atom. The van der Waals surface area contributed by atoms with Gasteiger partial charge in [0.2, 0.25) is 0 Å². The molecule has 0 aliphatic heterocycles. The van der Waals surface area contributed by atoms with Gasteiger partial charge in [-0.25, -0.2) is 9.59 Å². The molecule has 0 radical (unpaired) electrons. The van der Waals surface area contributed by atoms with Crippen LogP contribution in [0, 0.1) is 0 Å². The topological polar surface area (TPSA) is 100 Å². The number of nitrogens with zero attached hydrogens (tertiary/aromatic N) is 1. The number of amides is 2. The molecular formula is C27H19N3O4. The highest BCUT2D eigenvalue weighted by atomic mass is 16.4. The zero-order chi connectivity index (χ0) is 23.7. The van der Waals surface area contributed by atoms with E-state index in [9.17, 15) is 19.5 Å². The van der Waals surface area contributed by atoms with Gasteiger partial charge in [0.05, 0.1) is 11.1 Å². The molecule has 7 nitrogen and oxygen atoms in total. The van der Waals surface area contributed by atoms with Crippen molar-refractivity contribution in [1.29, 1.82) is 0 Å². The Hall–Kier alpha value is -4.91. The van der Waals surface area contributed by atoms with Crippen LogP contribution in [0.2, 0.25) is 0 Å². The third-order valence-electron chi connectivity index (χ3n) is 5.52. The monoisotopic (exact) mass is 449 g/mol. The van der Waals surface area contributed by atoms with E-state index in [1.165, 1.54) is 22.8 Å². The van der Waals surface area contributed by atoms with E-state index in [0.717, 1.165) is 21.7 Å². The van der Waals surface area contributed by atoms with Crippen molar-refractivity contribution in [2.45, 2.75) is 0 Å². The number of fused-ring (bicyclic) bond motifs is 2. The van der Waals surface area contributed by atoms with Gasteiger partial charge in [0.1, 0.15) is 0 Å². The van der Waals surface area contributed by atoms with Crippen LogP contribution in [-0.2, 0) is 0 Å². The van der Waals surface area contributed by atoms with Crippen LogP contribution >= 0.6 is 0 Å². The molecule has 0 aliphatic carbocycles. The van der Waals surface area contributed by atoms with Crippen LogP contribution in [0.5, 0.6) is 0 Å². The molecule has 34 heavy (non-hydrogen) atoms. The van der Waals surface area contributed by atoms with Crippen molar-refractivity contribution in [2.75, 3.05) is 10.6 Å². The van der Waals surface area contributed by atoms with E-state index < -0.39 is 12.0 Å². The van der Waals surface area contributed by atoms with Gasteiger partial charge in [-0.1, -0.05) is 48.5 Å². The zero-order valence-corrected chi connectivity index (χ0v) is 17.9. The van der Waals surface area contributed by atoms with E-state index >= 15 is 0 Å². The fourth-order valence-corrected chi connectivity index (χ4v) is 3.87. The summed E-state index contributed by atoms with van der Waals surface area (Å²) >= 11 is 0. The smallest absolute Gasteiger partial charge is 0.335 e. The second kappa shape index (κ2) is 8.55. The van der Waals surface area contributed by atoms with Gasteiger partial charge >= 0.3 is 12.0 Å². The number of anilines is 2. The largest absolute Gasteiger partial charge is 0.478 e. The van der Waals surface area contributed by atoms with Crippen molar-refractivity contribution >= 4 is 51.0 Å². The number of benzene rings is 4. The quantitative estimate of drug-likeness (QED) is 0.322. The van der Waals surface area contributed by atoms with E-state index in [2.05, 4.69) is 10.6 Å². The summed E-state index contributed by atoms with van der Waals surface area (Å²) in [7, 11) is 0. The van der Waals surface area contributed by atoms with Crippen molar-refractivity contribution in [2.24, 2.45) is 0 Å². The molecule has 5 aromatic rings. The lowest BCUT2D eigenvalue weighted by atomic mass is 10.1. The molecule has 0 saturated heterocycles. The van der Waals surface area contributed by atoms with Gasteiger partial charge in [0, 0.05) is 28.5 Å². The molecule has 0 spiro atoms. The maximum Gasteiger partial charge on any atom is 0.335 e. The molecule has 1 aromatic heterocycles. The first-order chi connectivity index (χ1) is 16.5. The first-order valence-electron chi connectivity index (χ1n) is 10.5. The zero-order valence-electron chi connectivity index (χ0n) is 17.9. The molecule has 0 unspecified atom stereocenters. The summed E-state index contributed by atoms with van der Waals surface area (Å²) in [4.78, 5) is 37.4. The number of hydrogen-bond donors (Lipinski definition) is 3. The molecule has 5 rings (SSSR count). The second-order valence-electron chi connectivity index (χ2n) is 7.79. The summed E-state index contributed by atoms with van der Waals surface area (Å²) in [5.41, 5.74) is 1.59.